The van der Waals surface area contributed by atoms with Crippen LogP contribution in [-0.4, -0.2) is 16.2 Å². The lowest BCUT2D eigenvalue weighted by atomic mass is 10.3. The molecule has 0 N–H and O–H groups in total. The van der Waals surface area contributed by atoms with Crippen LogP contribution in [0.25, 0.3) is 0 Å². The van der Waals surface area contributed by atoms with Crippen molar-refractivity contribution in [2.45, 2.75) is 0 Å². The Morgan fingerprint density at radius 3 is 2.77 bits per heavy atom. The molecule has 0 saturated carbocycles. The van der Waals surface area contributed by atoms with Crippen LogP contribution in [0.1, 0.15) is 10.5 Å². The molecule has 0 saturated heterocycles. The van der Waals surface area contributed by atoms with Gasteiger partial charge in [0.25, 0.3) is 5.69 Å². The zero-order valence-corrected chi connectivity index (χ0v) is 8.37. The first-order chi connectivity index (χ1) is 6.06. The molecule has 5 nitrogen and oxygen atoms in total. The van der Waals surface area contributed by atoms with E-state index in [2.05, 4.69) is 20.9 Å². The van der Waals surface area contributed by atoms with Gasteiger partial charge in [-0.1, -0.05) is 11.6 Å². The molecule has 0 aliphatic rings. The number of hydrogen-bond donors (Lipinski definition) is 0. The number of carbonyl (C=O) groups is 1. The van der Waals surface area contributed by atoms with Gasteiger partial charge in [-0.15, -0.1) is 0 Å². The maximum atomic E-state index is 10.4. The van der Waals surface area contributed by atoms with Crippen molar-refractivity contribution < 1.29 is 9.72 Å². The first-order valence-electron chi connectivity index (χ1n) is 3.02. The summed E-state index contributed by atoms with van der Waals surface area (Å²) in [4.78, 5) is 23.6. The van der Waals surface area contributed by atoms with Gasteiger partial charge in [-0.3, -0.25) is 14.9 Å². The summed E-state index contributed by atoms with van der Waals surface area (Å²) in [6.07, 6.45) is 0.288. The molecule has 13 heavy (non-hydrogen) atoms. The summed E-state index contributed by atoms with van der Waals surface area (Å²) in [6.45, 7) is 0. The molecule has 1 aromatic rings. The highest BCUT2D eigenvalue weighted by molar-refractivity contribution is 9.10. The van der Waals surface area contributed by atoms with E-state index in [0.29, 0.717) is 0 Å². The molecule has 0 bridgehead atoms. The molecule has 0 aromatic carbocycles. The van der Waals surface area contributed by atoms with Crippen LogP contribution in [0.4, 0.5) is 5.69 Å². The lowest BCUT2D eigenvalue weighted by molar-refractivity contribution is -0.385. The van der Waals surface area contributed by atoms with Gasteiger partial charge in [0, 0.05) is 6.07 Å². The van der Waals surface area contributed by atoms with E-state index in [4.69, 9.17) is 11.6 Å². The maximum absolute atomic E-state index is 10.4. The number of carbonyl (C=O) groups excluding carboxylic acids is 1. The molecule has 0 spiro atoms. The average Bonchev–Trinajstić information content (AvgIpc) is 2.08. The molecule has 1 aromatic heterocycles. The summed E-state index contributed by atoms with van der Waals surface area (Å²) in [7, 11) is 0. The van der Waals surface area contributed by atoms with Gasteiger partial charge in [0.2, 0.25) is 0 Å². The van der Waals surface area contributed by atoms with Gasteiger partial charge in [0.1, 0.15) is 5.15 Å². The summed E-state index contributed by atoms with van der Waals surface area (Å²) < 4.78 is 0.284. The molecule has 0 aliphatic heterocycles. The Bertz CT molecular complexity index is 382. The fraction of sp³-hybridized carbons (Fsp3) is 0. The highest BCUT2D eigenvalue weighted by Gasteiger charge is 2.17. The van der Waals surface area contributed by atoms with Crippen LogP contribution in [0.15, 0.2) is 10.5 Å². The van der Waals surface area contributed by atoms with E-state index in [1.165, 1.54) is 0 Å². The van der Waals surface area contributed by atoms with E-state index in [1.807, 2.05) is 0 Å². The Kier molecular flexibility index (Phi) is 2.94. The summed E-state index contributed by atoms with van der Waals surface area (Å²) in [5, 5.41) is 10.4. The minimum absolute atomic E-state index is 0.0210. The van der Waals surface area contributed by atoms with Crippen LogP contribution < -0.4 is 0 Å². The number of rotatable bonds is 2. The minimum Gasteiger partial charge on any atom is -0.296 e. The van der Waals surface area contributed by atoms with Crippen LogP contribution in [0.5, 0.6) is 0 Å². The Morgan fingerprint density at radius 2 is 2.31 bits per heavy atom. The van der Waals surface area contributed by atoms with Crippen molar-refractivity contribution in [1.82, 2.24) is 4.98 Å². The highest BCUT2D eigenvalue weighted by atomic mass is 79.9. The summed E-state index contributed by atoms with van der Waals surface area (Å²) in [5.41, 5.74) is -0.649. The third-order valence-electron chi connectivity index (χ3n) is 1.25. The van der Waals surface area contributed by atoms with Crippen molar-refractivity contribution >= 4 is 39.5 Å². The number of aldehydes is 1. The van der Waals surface area contributed by atoms with Gasteiger partial charge in [0.15, 0.2) is 12.0 Å². The first-order valence-corrected chi connectivity index (χ1v) is 4.19. The topological polar surface area (TPSA) is 73.1 Å². The van der Waals surface area contributed by atoms with E-state index in [1.54, 1.807) is 0 Å². The predicted octanol–water partition coefficient (Wildman–Crippen LogP) is 2.22. The van der Waals surface area contributed by atoms with Gasteiger partial charge in [0.05, 0.1) is 9.40 Å². The van der Waals surface area contributed by atoms with E-state index in [9.17, 15) is 14.9 Å². The quantitative estimate of drug-likeness (QED) is 0.356. The molecule has 0 fully saturated rings. The molecule has 0 atom stereocenters. The van der Waals surface area contributed by atoms with Gasteiger partial charge >= 0.3 is 0 Å². The molecule has 1 rings (SSSR count). The molecule has 68 valence electrons. The Hall–Kier alpha value is -1.01. The normalized spacial score (nSPS) is 9.69. The van der Waals surface area contributed by atoms with E-state index in [0.717, 1.165) is 6.07 Å². The van der Waals surface area contributed by atoms with Crippen LogP contribution in [0.2, 0.25) is 5.15 Å². The Labute approximate surface area is 86.0 Å². The third-order valence-corrected chi connectivity index (χ3v) is 2.37. The molecular formula is C6H2BrClN2O3. The van der Waals surface area contributed by atoms with Crippen LogP contribution >= 0.6 is 27.5 Å². The number of aromatic nitrogens is 1. The first kappa shape index (κ1) is 10.1. The number of pyridine rings is 1. The van der Waals surface area contributed by atoms with Crippen molar-refractivity contribution in [2.75, 3.05) is 0 Å². The summed E-state index contributed by atoms with van der Waals surface area (Å²) in [6, 6.07) is 1.14. The van der Waals surface area contributed by atoms with Crippen molar-refractivity contribution in [3.63, 3.8) is 0 Å². The standard InChI is InChI=1S/C6H2BrClN2O3/c7-3-1-5(10(12)13)4(2-11)9-6(3)8/h1-2H. The summed E-state index contributed by atoms with van der Waals surface area (Å²) >= 11 is 8.49. The second-order valence-electron chi connectivity index (χ2n) is 2.04. The number of hydrogen-bond acceptors (Lipinski definition) is 4. The van der Waals surface area contributed by atoms with Gasteiger partial charge in [-0.05, 0) is 15.9 Å². The molecule has 0 amide bonds. The van der Waals surface area contributed by atoms with Crippen LogP contribution in [0.3, 0.4) is 0 Å². The molecule has 0 radical (unpaired) electrons. The zero-order valence-electron chi connectivity index (χ0n) is 6.03. The molecule has 0 unspecified atom stereocenters. The van der Waals surface area contributed by atoms with Crippen molar-refractivity contribution in [1.29, 1.82) is 0 Å². The second kappa shape index (κ2) is 3.80. The van der Waals surface area contributed by atoms with E-state index < -0.39 is 4.92 Å². The fourth-order valence-electron chi connectivity index (χ4n) is 0.703. The van der Waals surface area contributed by atoms with Crippen LogP contribution in [-0.2, 0) is 0 Å². The molecule has 0 aliphatic carbocycles. The molecule has 7 heteroatoms. The van der Waals surface area contributed by atoms with Gasteiger partial charge in [-0.2, -0.15) is 0 Å². The zero-order chi connectivity index (χ0) is 10.0. The highest BCUT2D eigenvalue weighted by Crippen LogP contribution is 2.26. The second-order valence-corrected chi connectivity index (χ2v) is 3.25. The van der Waals surface area contributed by atoms with Crippen molar-refractivity contribution in [3.05, 3.63) is 31.5 Å². The number of nitrogens with zero attached hydrogens (tertiary/aromatic N) is 2. The number of halogens is 2. The van der Waals surface area contributed by atoms with Gasteiger partial charge in [-0.25, -0.2) is 4.98 Å². The number of nitro groups is 1. The largest absolute Gasteiger partial charge is 0.299 e. The fourth-order valence-corrected chi connectivity index (χ4v) is 1.15. The average molecular weight is 265 g/mol. The molecular weight excluding hydrogens is 263 g/mol. The minimum atomic E-state index is -0.697. The van der Waals surface area contributed by atoms with Crippen LogP contribution in [0, 0.1) is 10.1 Å². The van der Waals surface area contributed by atoms with Gasteiger partial charge < -0.3 is 0 Å². The monoisotopic (exact) mass is 264 g/mol. The maximum Gasteiger partial charge on any atom is 0.299 e. The van der Waals surface area contributed by atoms with Crippen molar-refractivity contribution in [2.24, 2.45) is 0 Å². The Balaban J connectivity index is 3.41. The summed E-state index contributed by atoms with van der Waals surface area (Å²) in [5.74, 6) is 0. The molecule has 1 heterocycles. The SMILES string of the molecule is O=Cc1nc(Cl)c(Br)cc1[N+](=O)[O-]. The Morgan fingerprint density at radius 1 is 1.69 bits per heavy atom. The predicted molar refractivity (Wildman–Crippen MR) is 49.0 cm³/mol. The lowest BCUT2D eigenvalue weighted by Gasteiger charge is -1.97. The smallest absolute Gasteiger partial charge is 0.296 e. The van der Waals surface area contributed by atoms with E-state index in [-0.39, 0.29) is 27.3 Å². The third kappa shape index (κ3) is 2.02. The van der Waals surface area contributed by atoms with Crippen molar-refractivity contribution in [3.8, 4) is 0 Å². The van der Waals surface area contributed by atoms with E-state index >= 15 is 0 Å². The lowest BCUT2D eigenvalue weighted by Crippen LogP contribution is -1.98.